The third-order valence-corrected chi connectivity index (χ3v) is 28.7. The Balaban J connectivity index is 0.000000223. The van der Waals surface area contributed by atoms with Gasteiger partial charge in [0.25, 0.3) is 0 Å². The quantitative estimate of drug-likeness (QED) is 0.0206. The highest BCUT2D eigenvalue weighted by Gasteiger charge is 2.86. The first-order chi connectivity index (χ1) is 64.9. The highest BCUT2D eigenvalue weighted by molar-refractivity contribution is 6.00. The van der Waals surface area contributed by atoms with Gasteiger partial charge in [0.05, 0.1) is 36.2 Å². The molecule has 35 heteroatoms. The van der Waals surface area contributed by atoms with Crippen LogP contribution in [0.4, 0.5) is 14.4 Å². The second kappa shape index (κ2) is 38.6. The fraction of sp³-hybridized carbons (Fsp3) is 0.524. The minimum atomic E-state index is -2.37. The van der Waals surface area contributed by atoms with E-state index in [0.29, 0.717) is 17.5 Å². The lowest BCUT2D eigenvalue weighted by Crippen LogP contribution is -2.78. The maximum absolute atomic E-state index is 15.7. The van der Waals surface area contributed by atoms with Crippen molar-refractivity contribution in [3.05, 3.63) is 202 Å². The predicted octanol–water partition coefficient (Wildman–Crippen LogP) is 11.4. The molecule has 0 aromatic heterocycles. The number of hydrogen-bond acceptors (Lipinski definition) is 32. The van der Waals surface area contributed by atoms with Crippen molar-refractivity contribution >= 4 is 89.5 Å². The zero-order valence-corrected chi connectivity index (χ0v) is 80.1. The highest BCUT2D eigenvalue weighted by atomic mass is 16.7. The second-order valence-corrected chi connectivity index (χ2v) is 40.3. The Hall–Kier alpha value is -12.7. The molecule has 22 atom stereocenters. The van der Waals surface area contributed by atoms with Gasteiger partial charge in [-0.1, -0.05) is 162 Å². The van der Waals surface area contributed by atoms with Crippen LogP contribution in [-0.4, -0.2) is 214 Å². The fourth-order valence-corrected chi connectivity index (χ4v) is 22.4. The molecule has 6 saturated carbocycles. The number of amides is 3. The predicted molar refractivity (Wildman–Crippen MR) is 482 cm³/mol. The summed E-state index contributed by atoms with van der Waals surface area (Å²) in [5.74, 6) is -13.7. The summed E-state index contributed by atoms with van der Waals surface area (Å²) in [4.78, 5) is 209. The Labute approximate surface area is 797 Å². The van der Waals surface area contributed by atoms with Crippen molar-refractivity contribution in [1.82, 2.24) is 16.0 Å². The zero-order valence-electron chi connectivity index (χ0n) is 80.1. The maximum Gasteiger partial charge on any atom is 0.408 e. The number of carbonyl (C=O) groups is 15. The molecule has 15 rings (SSSR count). The molecule has 2 aliphatic heterocycles. The number of ketones is 2. The molecule has 738 valence electrons. The number of hydrogen-bond donors (Lipinski definition) is 5. The van der Waals surface area contributed by atoms with Crippen LogP contribution in [0.1, 0.15) is 212 Å². The van der Waals surface area contributed by atoms with Crippen LogP contribution in [0.3, 0.4) is 0 Å². The van der Waals surface area contributed by atoms with Crippen molar-refractivity contribution in [2.45, 2.75) is 276 Å². The van der Waals surface area contributed by atoms with E-state index in [-0.39, 0.29) is 84.5 Å². The van der Waals surface area contributed by atoms with Crippen LogP contribution in [0.25, 0.3) is 0 Å². The summed E-state index contributed by atoms with van der Waals surface area (Å²) in [5, 5.41) is 35.4. The molecule has 5 aromatic carbocycles. The van der Waals surface area contributed by atoms with Gasteiger partial charge in [0.15, 0.2) is 35.0 Å². The topological polar surface area (TPSA) is 471 Å². The second-order valence-electron chi connectivity index (χ2n) is 40.3. The number of fused-ring (bicyclic) bond motifs is 8. The van der Waals surface area contributed by atoms with Gasteiger partial charge in [-0.05, 0) is 156 Å². The van der Waals surface area contributed by atoms with Crippen LogP contribution in [0.15, 0.2) is 174 Å². The minimum absolute atomic E-state index is 0.0512. The van der Waals surface area contributed by atoms with E-state index in [1.165, 1.54) is 45.0 Å². The number of esters is 10. The van der Waals surface area contributed by atoms with Gasteiger partial charge in [-0.15, -0.1) is 0 Å². The van der Waals surface area contributed by atoms with Crippen LogP contribution in [0.5, 0.6) is 0 Å². The number of alkyl carbamates (subject to hydrolysis) is 3. The van der Waals surface area contributed by atoms with E-state index >= 15 is 14.4 Å². The van der Waals surface area contributed by atoms with E-state index in [4.69, 9.17) is 71.1 Å². The van der Waals surface area contributed by atoms with E-state index < -0.39 is 261 Å². The molecular formula is C103H119N3O32. The Bertz CT molecular complexity index is 5650. The molecule has 8 fully saturated rings. The zero-order chi connectivity index (χ0) is 100. The minimum Gasteiger partial charge on any atom is -0.455 e. The Kier molecular flexibility index (Phi) is 28.3. The first-order valence-corrected chi connectivity index (χ1v) is 46.2. The van der Waals surface area contributed by atoms with Crippen molar-refractivity contribution in [3.63, 3.8) is 0 Å². The van der Waals surface area contributed by atoms with Crippen molar-refractivity contribution in [2.75, 3.05) is 19.8 Å². The van der Waals surface area contributed by atoms with Gasteiger partial charge in [0, 0.05) is 68.6 Å². The van der Waals surface area contributed by atoms with Gasteiger partial charge >= 0.3 is 78.0 Å². The molecule has 5 N–H and O–H groups in total. The molecule has 4 bridgehead atoms. The number of benzene rings is 5. The van der Waals surface area contributed by atoms with Gasteiger partial charge in [0.2, 0.25) is 12.2 Å². The van der Waals surface area contributed by atoms with Crippen LogP contribution in [-0.2, 0) is 126 Å². The van der Waals surface area contributed by atoms with Gasteiger partial charge < -0.3 is 97.2 Å². The van der Waals surface area contributed by atoms with Crippen molar-refractivity contribution < 1.29 is 153 Å². The lowest BCUT2D eigenvalue weighted by Gasteiger charge is -2.64. The summed E-state index contributed by atoms with van der Waals surface area (Å²) in [5.41, 5.74) is -13.9. The van der Waals surface area contributed by atoms with Gasteiger partial charge in [-0.25, -0.2) is 33.6 Å². The summed E-state index contributed by atoms with van der Waals surface area (Å²) < 4.78 is 90.1. The largest absolute Gasteiger partial charge is 0.455 e. The molecule has 2 spiro atoms. The number of Topliss-reactive ketones (excluding diaryl/α,β-unsaturated/α-hetero) is 2. The van der Waals surface area contributed by atoms with Crippen molar-refractivity contribution in [3.8, 4) is 0 Å². The van der Waals surface area contributed by atoms with Crippen molar-refractivity contribution in [1.29, 1.82) is 0 Å². The van der Waals surface area contributed by atoms with Crippen LogP contribution < -0.4 is 16.0 Å². The van der Waals surface area contributed by atoms with E-state index in [1.54, 1.807) is 210 Å². The number of carbonyl (C=O) groups excluding carboxylic acids is 15. The highest BCUT2D eigenvalue weighted by Crippen LogP contribution is 2.77. The van der Waals surface area contributed by atoms with Crippen LogP contribution >= 0.6 is 0 Å². The van der Waals surface area contributed by atoms with Crippen LogP contribution in [0, 0.1) is 45.3 Å². The van der Waals surface area contributed by atoms with Gasteiger partial charge in [0.1, 0.15) is 84.3 Å². The molecule has 0 unspecified atom stereocenters. The molecule has 5 aromatic rings. The normalized spacial score (nSPS) is 30.3. The van der Waals surface area contributed by atoms with Crippen LogP contribution in [0.2, 0.25) is 0 Å². The summed E-state index contributed by atoms with van der Waals surface area (Å²) in [6.07, 6.45) is -18.2. The standard InChI is InChI=1S/C55H62N2O17.C48H57NO15/c1-30-37(70-48(63)43(41(34-20-14-10-15-21-34)57-50(65)74-51(4,5)6)71-39(60)27-56-49(64)67-28-33-18-12-9-13-19-33)26-55(66)46(72-47(62)35-22-16-11-17-23-35)44-53(45(61)42(69-31(2)58)40(30)52(55,7)8)25-36(53)24-38-54(44,29-68-38)73-32(3)59;1-10-33(52)61-37(35(28-17-13-11-14-18-28)49-43(56)64-44(5,6)7)42(55)60-31-23-48(57)40(62-41(54)29-19-15-12-16-20-29)38-46(22-30(46)21-32-47(38,24-58-32)63-27(4)51)39(53)36(59-26(3)50)34(25(31)2)45(48,8)9/h9-23,36-38,41-44,46,66H,24-29H2,1-8H3,(H,56,64)(H,57,65);11-20,30-32,35-38,40,57H,10,21-24H2,1-9H3,(H,49,56)/t36-,37+,38-,41+,42-,43-,44+,46+,53-,54+,55-;30-,31+,32-,35+,36-,37-,38+,40+,46-,47+,48-/m11/s1. The summed E-state index contributed by atoms with van der Waals surface area (Å²) in [7, 11) is 0. The third-order valence-electron chi connectivity index (χ3n) is 28.7. The monoisotopic (exact) mass is 1910 g/mol. The molecule has 138 heavy (non-hydrogen) atoms. The average Bonchev–Trinajstić information content (AvgIpc) is 1.47. The van der Waals surface area contributed by atoms with E-state index in [9.17, 15) is 67.7 Å². The molecular weight excluding hydrogens is 1790 g/mol. The summed E-state index contributed by atoms with van der Waals surface area (Å²) >= 11 is 0. The molecule has 2 saturated heterocycles. The molecule has 2 heterocycles. The average molecular weight is 1910 g/mol. The first-order valence-electron chi connectivity index (χ1n) is 46.2. The van der Waals surface area contributed by atoms with Gasteiger partial charge in [-0.3, -0.25) is 38.4 Å². The Morgan fingerprint density at radius 2 is 0.812 bits per heavy atom. The lowest BCUT2D eigenvalue weighted by molar-refractivity contribution is -0.323. The molecule has 35 nitrogen and oxygen atoms in total. The van der Waals surface area contributed by atoms with Crippen molar-refractivity contribution in [2.24, 2.45) is 45.3 Å². The maximum atomic E-state index is 15.7. The number of ether oxygens (including phenoxy) is 15. The molecule has 8 aliphatic carbocycles. The molecule has 3 amide bonds. The smallest absolute Gasteiger partial charge is 0.408 e. The lowest BCUT2D eigenvalue weighted by atomic mass is 9.48. The SMILES string of the molecule is CC(=O)O[C@H]1C(=O)[C@]23C[C@H]2C[C@H]2OC[C@@]2(OC(C)=O)[C@H]3[C@H](OC(=O)c2ccccc2)[C@]2(O)C[C@H](OC(=O)[C@H](OC(=O)CNC(=O)OCc3ccccc3)[C@@H](NC(=O)OC(C)(C)C)c3ccccc3)C(C)=C1C2(C)C.CCC(=O)O[C@@H](C(=O)O[C@H]1C[C@@]2(O)[C@@H](OC(=O)c3ccccc3)[C@@H]3[C@]4(OC(C)=O)CO[C@@H]4C[C@@H]4C[C@@]43C(=O)[C@H](OC(C)=O)C(=C1C)C2(C)C)[C@@H](NC(=O)OC(C)(C)C)c1ccccc1. The third kappa shape index (κ3) is 19.3. The molecule has 10 aliphatic rings. The Morgan fingerprint density at radius 1 is 0.457 bits per heavy atom. The number of nitrogens with one attached hydrogen (secondary N) is 3. The fourth-order valence-electron chi connectivity index (χ4n) is 22.4. The number of aliphatic hydroxyl groups is 2. The van der Waals surface area contributed by atoms with E-state index in [1.807, 2.05) is 0 Å². The van der Waals surface area contributed by atoms with E-state index in [0.717, 1.165) is 13.8 Å². The first kappa shape index (κ1) is 101. The Morgan fingerprint density at radius 3 is 1.14 bits per heavy atom. The summed E-state index contributed by atoms with van der Waals surface area (Å²) in [6, 6.07) is 38.2. The molecule has 0 radical (unpaired) electrons. The summed E-state index contributed by atoms with van der Waals surface area (Å²) in [6.45, 7) is 24.2. The van der Waals surface area contributed by atoms with E-state index in [2.05, 4.69) is 16.0 Å². The van der Waals surface area contributed by atoms with Gasteiger partial charge in [-0.2, -0.15) is 0 Å². The number of rotatable bonds is 25.